The molecule has 1 unspecified atom stereocenters. The van der Waals surface area contributed by atoms with E-state index < -0.39 is 0 Å². The topological polar surface area (TPSA) is 29.3 Å². The van der Waals surface area contributed by atoms with Crippen molar-refractivity contribution >= 4 is 5.69 Å². The third-order valence-corrected chi connectivity index (χ3v) is 2.75. The average molecular weight is 224 g/mol. The Morgan fingerprint density at radius 2 is 2.06 bits per heavy atom. The largest absolute Gasteiger partial charge is 0.399 e. The van der Waals surface area contributed by atoms with Gasteiger partial charge in [0.15, 0.2) is 0 Å². The molecule has 2 N–H and O–H groups in total. The standard InChI is InChI=1S/C13H21FN2/c1-4-10(2)8-16(3)9-11-5-12(14)7-13(15)6-11/h5-7,10H,4,8-9,15H2,1-3H3. The lowest BCUT2D eigenvalue weighted by Gasteiger charge is -2.20. The molecule has 0 bridgehead atoms. The van der Waals surface area contributed by atoms with Crippen LogP contribution in [0.25, 0.3) is 0 Å². The molecule has 0 saturated heterocycles. The van der Waals surface area contributed by atoms with Gasteiger partial charge in [0.25, 0.3) is 0 Å². The molecule has 3 heteroatoms. The summed E-state index contributed by atoms with van der Waals surface area (Å²) in [5.41, 5.74) is 7.03. The van der Waals surface area contributed by atoms with E-state index >= 15 is 0 Å². The van der Waals surface area contributed by atoms with Gasteiger partial charge in [-0.15, -0.1) is 0 Å². The number of nitrogens with two attached hydrogens (primary N) is 1. The SMILES string of the molecule is CCC(C)CN(C)Cc1cc(N)cc(F)c1. The molecule has 1 aromatic carbocycles. The molecule has 0 spiro atoms. The van der Waals surface area contributed by atoms with Crippen LogP contribution in [0.15, 0.2) is 18.2 Å². The predicted molar refractivity (Wildman–Crippen MR) is 66.6 cm³/mol. The molecule has 1 rings (SSSR count). The summed E-state index contributed by atoms with van der Waals surface area (Å²) in [7, 11) is 2.05. The van der Waals surface area contributed by atoms with Gasteiger partial charge >= 0.3 is 0 Å². The van der Waals surface area contributed by atoms with E-state index in [1.807, 2.05) is 13.1 Å². The Hall–Kier alpha value is -1.09. The molecular weight excluding hydrogens is 203 g/mol. The Labute approximate surface area is 97.3 Å². The Morgan fingerprint density at radius 1 is 1.38 bits per heavy atom. The fraction of sp³-hybridized carbons (Fsp3) is 0.538. The first-order valence-electron chi connectivity index (χ1n) is 5.74. The van der Waals surface area contributed by atoms with E-state index in [1.165, 1.54) is 6.07 Å². The molecule has 0 aliphatic carbocycles. The Balaban J connectivity index is 2.58. The van der Waals surface area contributed by atoms with E-state index in [2.05, 4.69) is 18.7 Å². The lowest BCUT2D eigenvalue weighted by atomic mass is 10.1. The molecule has 0 saturated carbocycles. The van der Waals surface area contributed by atoms with Crippen LogP contribution in [0, 0.1) is 11.7 Å². The summed E-state index contributed by atoms with van der Waals surface area (Å²) in [5, 5.41) is 0. The lowest BCUT2D eigenvalue weighted by molar-refractivity contribution is 0.275. The van der Waals surface area contributed by atoms with Crippen LogP contribution in [0.2, 0.25) is 0 Å². The van der Waals surface area contributed by atoms with Gasteiger partial charge in [0.2, 0.25) is 0 Å². The van der Waals surface area contributed by atoms with Crippen LogP contribution in [0.4, 0.5) is 10.1 Å². The summed E-state index contributed by atoms with van der Waals surface area (Å²) in [4.78, 5) is 2.20. The molecule has 1 atom stereocenters. The molecule has 90 valence electrons. The zero-order valence-corrected chi connectivity index (χ0v) is 10.3. The molecule has 0 aliphatic rings. The number of hydrogen-bond donors (Lipinski definition) is 1. The monoisotopic (exact) mass is 224 g/mol. The number of nitrogen functional groups attached to an aromatic ring is 1. The van der Waals surface area contributed by atoms with E-state index in [0.717, 1.165) is 25.1 Å². The zero-order chi connectivity index (χ0) is 12.1. The van der Waals surface area contributed by atoms with Crippen molar-refractivity contribution in [2.75, 3.05) is 19.3 Å². The van der Waals surface area contributed by atoms with Crippen LogP contribution >= 0.6 is 0 Å². The van der Waals surface area contributed by atoms with Crippen LogP contribution in [0.1, 0.15) is 25.8 Å². The van der Waals surface area contributed by atoms with Gasteiger partial charge in [-0.1, -0.05) is 20.3 Å². The number of anilines is 1. The van der Waals surface area contributed by atoms with Crippen LogP contribution < -0.4 is 5.73 Å². The van der Waals surface area contributed by atoms with Gasteiger partial charge in [-0.3, -0.25) is 0 Å². The van der Waals surface area contributed by atoms with Gasteiger partial charge in [-0.2, -0.15) is 0 Å². The van der Waals surface area contributed by atoms with E-state index in [0.29, 0.717) is 11.6 Å². The third kappa shape index (κ3) is 4.19. The minimum atomic E-state index is -0.257. The molecule has 1 aromatic rings. The van der Waals surface area contributed by atoms with Crippen molar-refractivity contribution in [3.8, 4) is 0 Å². The first kappa shape index (κ1) is 13.0. The second kappa shape index (κ2) is 5.85. The highest BCUT2D eigenvalue weighted by atomic mass is 19.1. The summed E-state index contributed by atoms with van der Waals surface area (Å²) in [5.74, 6) is 0.405. The molecule has 0 amide bonds. The summed E-state index contributed by atoms with van der Waals surface area (Å²) in [6, 6.07) is 4.72. The molecular formula is C13H21FN2. The van der Waals surface area contributed by atoms with Crippen molar-refractivity contribution in [1.29, 1.82) is 0 Å². The predicted octanol–water partition coefficient (Wildman–Crippen LogP) is 2.89. The van der Waals surface area contributed by atoms with Crippen molar-refractivity contribution < 1.29 is 4.39 Å². The molecule has 0 heterocycles. The van der Waals surface area contributed by atoms with Crippen molar-refractivity contribution in [2.45, 2.75) is 26.8 Å². The number of halogens is 1. The maximum absolute atomic E-state index is 13.1. The highest BCUT2D eigenvalue weighted by Crippen LogP contribution is 2.13. The number of hydrogen-bond acceptors (Lipinski definition) is 2. The van der Waals surface area contributed by atoms with Crippen LogP contribution in [0.5, 0.6) is 0 Å². The highest BCUT2D eigenvalue weighted by molar-refractivity contribution is 5.41. The Kier molecular flexibility index (Phi) is 4.74. The van der Waals surface area contributed by atoms with Gasteiger partial charge in [0.1, 0.15) is 5.82 Å². The van der Waals surface area contributed by atoms with E-state index in [-0.39, 0.29) is 5.82 Å². The minimum Gasteiger partial charge on any atom is -0.399 e. The fourth-order valence-corrected chi connectivity index (χ4v) is 1.80. The second-order valence-electron chi connectivity index (χ2n) is 4.60. The lowest BCUT2D eigenvalue weighted by Crippen LogP contribution is -2.23. The first-order valence-corrected chi connectivity index (χ1v) is 5.74. The second-order valence-corrected chi connectivity index (χ2v) is 4.60. The van der Waals surface area contributed by atoms with Crippen LogP contribution in [0.3, 0.4) is 0 Å². The Morgan fingerprint density at radius 3 is 2.62 bits per heavy atom. The highest BCUT2D eigenvalue weighted by Gasteiger charge is 2.06. The maximum atomic E-state index is 13.1. The van der Waals surface area contributed by atoms with Crippen molar-refractivity contribution in [2.24, 2.45) is 5.92 Å². The molecule has 0 aliphatic heterocycles. The molecule has 2 nitrogen and oxygen atoms in total. The fourth-order valence-electron chi connectivity index (χ4n) is 1.80. The van der Waals surface area contributed by atoms with Crippen molar-refractivity contribution in [3.63, 3.8) is 0 Å². The van der Waals surface area contributed by atoms with Crippen LogP contribution in [-0.4, -0.2) is 18.5 Å². The Bertz CT molecular complexity index is 318. The maximum Gasteiger partial charge on any atom is 0.125 e. The zero-order valence-electron chi connectivity index (χ0n) is 10.3. The normalized spacial score (nSPS) is 13.1. The summed E-state index contributed by atoms with van der Waals surface area (Å²) in [6.45, 7) is 6.16. The van der Waals surface area contributed by atoms with E-state index in [9.17, 15) is 4.39 Å². The number of benzene rings is 1. The van der Waals surface area contributed by atoms with Crippen molar-refractivity contribution in [1.82, 2.24) is 4.90 Å². The molecule has 0 aromatic heterocycles. The summed E-state index contributed by atoms with van der Waals surface area (Å²) < 4.78 is 13.1. The van der Waals surface area contributed by atoms with Gasteiger partial charge in [-0.05, 0) is 36.7 Å². The first-order chi connectivity index (χ1) is 7.51. The van der Waals surface area contributed by atoms with Gasteiger partial charge in [0, 0.05) is 18.8 Å². The van der Waals surface area contributed by atoms with E-state index in [4.69, 9.17) is 5.73 Å². The molecule has 0 radical (unpaired) electrons. The van der Waals surface area contributed by atoms with Crippen molar-refractivity contribution in [3.05, 3.63) is 29.6 Å². The van der Waals surface area contributed by atoms with Gasteiger partial charge < -0.3 is 10.6 Å². The summed E-state index contributed by atoms with van der Waals surface area (Å²) in [6.07, 6.45) is 1.16. The summed E-state index contributed by atoms with van der Waals surface area (Å²) >= 11 is 0. The number of rotatable bonds is 5. The number of nitrogens with zero attached hydrogens (tertiary/aromatic N) is 1. The molecule has 0 fully saturated rings. The van der Waals surface area contributed by atoms with Gasteiger partial charge in [-0.25, -0.2) is 4.39 Å². The minimum absolute atomic E-state index is 0.257. The van der Waals surface area contributed by atoms with E-state index in [1.54, 1.807) is 6.07 Å². The third-order valence-electron chi connectivity index (χ3n) is 2.75. The smallest absolute Gasteiger partial charge is 0.125 e. The molecule has 16 heavy (non-hydrogen) atoms. The van der Waals surface area contributed by atoms with Gasteiger partial charge in [0.05, 0.1) is 0 Å². The average Bonchev–Trinajstić information content (AvgIpc) is 2.15. The van der Waals surface area contributed by atoms with Crippen LogP contribution in [-0.2, 0) is 6.54 Å². The quantitative estimate of drug-likeness (QED) is 0.779.